The summed E-state index contributed by atoms with van der Waals surface area (Å²) in [7, 11) is 3.37. The summed E-state index contributed by atoms with van der Waals surface area (Å²) in [6.07, 6.45) is 4.24. The molecule has 0 aromatic carbocycles. The molecule has 0 radical (unpaired) electrons. The van der Waals surface area contributed by atoms with Gasteiger partial charge in [-0.15, -0.1) is 0 Å². The van der Waals surface area contributed by atoms with Crippen LogP contribution in [0.25, 0.3) is 0 Å². The fourth-order valence-corrected chi connectivity index (χ4v) is 2.72. The Balaban J connectivity index is 2.36. The fourth-order valence-electron chi connectivity index (χ4n) is 2.72. The molecule has 1 aromatic heterocycles. The first kappa shape index (κ1) is 13.1. The summed E-state index contributed by atoms with van der Waals surface area (Å²) in [6.45, 7) is 3.89. The molecule has 0 amide bonds. The number of ether oxygens (including phenoxy) is 1. The third-order valence-corrected chi connectivity index (χ3v) is 4.06. The summed E-state index contributed by atoms with van der Waals surface area (Å²) < 4.78 is 6.87. The molecule has 100 valence electrons. The Hall–Kier alpha value is -1.36. The number of methoxy groups -OCH3 is 1. The van der Waals surface area contributed by atoms with E-state index in [0.717, 1.165) is 32.4 Å². The maximum atomic E-state index is 12.8. The van der Waals surface area contributed by atoms with Crippen LogP contribution in [0.15, 0.2) is 6.20 Å². The van der Waals surface area contributed by atoms with Gasteiger partial charge in [0.05, 0.1) is 13.3 Å². The quantitative estimate of drug-likeness (QED) is 0.822. The lowest BCUT2D eigenvalue weighted by Gasteiger charge is -2.35. The summed E-state index contributed by atoms with van der Waals surface area (Å²) in [5.74, 6) is 0.747. The van der Waals surface area contributed by atoms with Crippen LogP contribution in [0.3, 0.4) is 0 Å². The Labute approximate surface area is 108 Å². The van der Waals surface area contributed by atoms with E-state index in [-0.39, 0.29) is 11.2 Å². The number of carbonyl (C=O) groups is 1. The third kappa shape index (κ3) is 2.03. The van der Waals surface area contributed by atoms with Gasteiger partial charge in [-0.05, 0) is 32.4 Å². The van der Waals surface area contributed by atoms with Crippen molar-refractivity contribution in [3.8, 4) is 5.75 Å². The molecule has 1 aromatic rings. The van der Waals surface area contributed by atoms with E-state index in [1.54, 1.807) is 25.0 Å². The average molecular weight is 251 g/mol. The number of ketones is 1. The van der Waals surface area contributed by atoms with Gasteiger partial charge < -0.3 is 10.1 Å². The molecule has 1 N–H and O–H groups in total. The van der Waals surface area contributed by atoms with Gasteiger partial charge in [0.2, 0.25) is 0 Å². The molecule has 1 fully saturated rings. The van der Waals surface area contributed by atoms with Crippen LogP contribution in [0.2, 0.25) is 0 Å². The fraction of sp³-hybridized carbons (Fsp3) is 0.692. The van der Waals surface area contributed by atoms with E-state index >= 15 is 0 Å². The maximum Gasteiger partial charge on any atom is 0.190 e. The van der Waals surface area contributed by atoms with Gasteiger partial charge in [-0.25, -0.2) is 0 Å². The molecular formula is C13H21N3O2. The minimum atomic E-state index is -0.258. The van der Waals surface area contributed by atoms with Gasteiger partial charge in [0.15, 0.2) is 11.5 Å². The lowest BCUT2D eigenvalue weighted by Crippen LogP contribution is -2.42. The van der Waals surface area contributed by atoms with Gasteiger partial charge in [0.25, 0.3) is 0 Å². The highest BCUT2D eigenvalue weighted by atomic mass is 16.5. The monoisotopic (exact) mass is 251 g/mol. The normalized spacial score (nSPS) is 18.6. The number of Topliss-reactive ketones (excluding diaryl/α,β-unsaturated/α-hetero) is 1. The highest BCUT2D eigenvalue weighted by molar-refractivity contribution is 6.01. The second-order valence-electron chi connectivity index (χ2n) is 4.90. The first-order valence-electron chi connectivity index (χ1n) is 6.46. The van der Waals surface area contributed by atoms with E-state index in [9.17, 15) is 4.79 Å². The van der Waals surface area contributed by atoms with E-state index in [2.05, 4.69) is 17.3 Å². The number of aryl methyl sites for hydroxylation is 1. The molecule has 5 heteroatoms. The van der Waals surface area contributed by atoms with Crippen LogP contribution in [-0.2, 0) is 7.05 Å². The molecule has 2 heterocycles. The smallest absolute Gasteiger partial charge is 0.190 e. The summed E-state index contributed by atoms with van der Waals surface area (Å²) in [6, 6.07) is 0. The first-order chi connectivity index (χ1) is 8.64. The lowest BCUT2D eigenvalue weighted by molar-refractivity contribution is 0.0703. The number of hydrogen-bond donors (Lipinski definition) is 1. The largest absolute Gasteiger partial charge is 0.493 e. The molecule has 1 aliphatic heterocycles. The first-order valence-corrected chi connectivity index (χ1v) is 6.46. The van der Waals surface area contributed by atoms with Crippen molar-refractivity contribution in [2.75, 3.05) is 20.2 Å². The molecule has 1 aliphatic rings. The van der Waals surface area contributed by atoms with Crippen LogP contribution in [0.4, 0.5) is 0 Å². The number of carbonyl (C=O) groups excluding carboxylic acids is 1. The van der Waals surface area contributed by atoms with Gasteiger partial charge in [-0.3, -0.25) is 9.48 Å². The molecule has 0 aliphatic carbocycles. The Kier molecular flexibility index (Phi) is 3.71. The van der Waals surface area contributed by atoms with Gasteiger partial charge >= 0.3 is 0 Å². The van der Waals surface area contributed by atoms with Crippen molar-refractivity contribution in [1.29, 1.82) is 0 Å². The van der Waals surface area contributed by atoms with E-state index in [1.165, 1.54) is 0 Å². The topological polar surface area (TPSA) is 56.1 Å². The molecule has 18 heavy (non-hydrogen) atoms. The van der Waals surface area contributed by atoms with Crippen molar-refractivity contribution in [3.05, 3.63) is 11.9 Å². The van der Waals surface area contributed by atoms with Crippen LogP contribution in [0.1, 0.15) is 36.7 Å². The number of piperidine rings is 1. The molecule has 0 bridgehead atoms. The van der Waals surface area contributed by atoms with Crippen molar-refractivity contribution in [1.82, 2.24) is 15.1 Å². The highest BCUT2D eigenvalue weighted by Gasteiger charge is 2.40. The molecule has 0 unspecified atom stereocenters. The Morgan fingerprint density at radius 2 is 2.22 bits per heavy atom. The molecule has 0 spiro atoms. The van der Waals surface area contributed by atoms with E-state index in [4.69, 9.17) is 4.74 Å². The van der Waals surface area contributed by atoms with Crippen LogP contribution in [-0.4, -0.2) is 35.8 Å². The van der Waals surface area contributed by atoms with Gasteiger partial charge in [-0.2, -0.15) is 5.10 Å². The average Bonchev–Trinajstić information content (AvgIpc) is 2.79. The number of nitrogens with one attached hydrogen (secondary N) is 1. The lowest BCUT2D eigenvalue weighted by atomic mass is 9.72. The van der Waals surface area contributed by atoms with Crippen molar-refractivity contribution in [2.45, 2.75) is 26.2 Å². The zero-order chi connectivity index (χ0) is 13.2. The van der Waals surface area contributed by atoms with E-state index in [1.807, 2.05) is 0 Å². The van der Waals surface area contributed by atoms with Crippen molar-refractivity contribution >= 4 is 5.78 Å². The van der Waals surface area contributed by atoms with Crippen LogP contribution >= 0.6 is 0 Å². The van der Waals surface area contributed by atoms with Crippen LogP contribution in [0, 0.1) is 5.41 Å². The zero-order valence-corrected chi connectivity index (χ0v) is 11.3. The maximum absolute atomic E-state index is 12.8. The highest BCUT2D eigenvalue weighted by Crippen LogP contribution is 2.38. The standard InChI is InChI=1S/C13H21N3O2/c1-4-13(5-7-14-8-6-13)12(17)11-10(18-3)9-15-16(11)2/h9,14H,4-8H2,1-3H3. The van der Waals surface area contributed by atoms with Gasteiger partial charge in [-0.1, -0.05) is 6.92 Å². The molecule has 2 rings (SSSR count). The SMILES string of the molecule is CCC1(C(=O)c2c(OC)cnn2C)CCNCC1. The predicted octanol–water partition coefficient (Wildman–Crippen LogP) is 1.39. The Morgan fingerprint density at radius 3 is 2.78 bits per heavy atom. The van der Waals surface area contributed by atoms with E-state index < -0.39 is 0 Å². The predicted molar refractivity (Wildman–Crippen MR) is 68.9 cm³/mol. The van der Waals surface area contributed by atoms with Gasteiger partial charge in [0, 0.05) is 12.5 Å². The summed E-state index contributed by atoms with van der Waals surface area (Å²) >= 11 is 0. The molecule has 0 saturated carbocycles. The number of rotatable bonds is 4. The summed E-state index contributed by atoms with van der Waals surface area (Å²) in [5.41, 5.74) is 0.341. The minimum Gasteiger partial charge on any atom is -0.493 e. The zero-order valence-electron chi connectivity index (χ0n) is 11.3. The Morgan fingerprint density at radius 1 is 1.56 bits per heavy atom. The molecule has 1 saturated heterocycles. The third-order valence-electron chi connectivity index (χ3n) is 4.06. The van der Waals surface area contributed by atoms with Gasteiger partial charge in [0.1, 0.15) is 5.69 Å². The molecule has 5 nitrogen and oxygen atoms in total. The van der Waals surface area contributed by atoms with Crippen molar-refractivity contribution in [3.63, 3.8) is 0 Å². The van der Waals surface area contributed by atoms with Crippen molar-refractivity contribution < 1.29 is 9.53 Å². The molecular weight excluding hydrogens is 230 g/mol. The minimum absolute atomic E-state index is 0.170. The van der Waals surface area contributed by atoms with E-state index in [0.29, 0.717) is 11.4 Å². The molecule has 0 atom stereocenters. The second-order valence-corrected chi connectivity index (χ2v) is 4.90. The summed E-state index contributed by atoms with van der Waals surface area (Å²) in [4.78, 5) is 12.8. The van der Waals surface area contributed by atoms with Crippen LogP contribution in [0.5, 0.6) is 5.75 Å². The number of nitrogens with zero attached hydrogens (tertiary/aromatic N) is 2. The van der Waals surface area contributed by atoms with Crippen molar-refractivity contribution in [2.24, 2.45) is 12.5 Å². The van der Waals surface area contributed by atoms with Crippen LogP contribution < -0.4 is 10.1 Å². The Bertz CT molecular complexity index is 433. The second kappa shape index (κ2) is 5.10. The number of hydrogen-bond acceptors (Lipinski definition) is 4. The number of aromatic nitrogens is 2. The summed E-state index contributed by atoms with van der Waals surface area (Å²) in [5, 5.41) is 7.44.